The maximum absolute atomic E-state index is 4.37. The van der Waals surface area contributed by atoms with E-state index in [9.17, 15) is 0 Å². The Labute approximate surface area is 112 Å². The van der Waals surface area contributed by atoms with Crippen LogP contribution in [0.4, 0.5) is 0 Å². The molecule has 0 aliphatic rings. The van der Waals surface area contributed by atoms with Gasteiger partial charge in [-0.25, -0.2) is 4.98 Å². The molecule has 2 aromatic rings. The second-order valence-corrected chi connectivity index (χ2v) is 6.40. The van der Waals surface area contributed by atoms with Crippen molar-refractivity contribution >= 4 is 11.3 Å². The van der Waals surface area contributed by atoms with E-state index >= 15 is 0 Å². The molecule has 0 aliphatic carbocycles. The molecule has 0 fully saturated rings. The maximum Gasteiger partial charge on any atom is 0.0795 e. The minimum absolute atomic E-state index is 0.0994. The number of nitrogens with one attached hydrogen (secondary N) is 1. The molecule has 18 heavy (non-hydrogen) atoms. The van der Waals surface area contributed by atoms with Crippen LogP contribution in [-0.2, 0) is 18.5 Å². The fraction of sp³-hybridized carbons (Fsp3) is 0.538. The van der Waals surface area contributed by atoms with Gasteiger partial charge in [-0.15, -0.1) is 11.3 Å². The van der Waals surface area contributed by atoms with Crippen molar-refractivity contribution in [1.29, 1.82) is 0 Å². The molecule has 1 N–H and O–H groups in total. The molecule has 0 unspecified atom stereocenters. The molecule has 0 aliphatic heterocycles. The fourth-order valence-corrected chi connectivity index (χ4v) is 2.32. The molecule has 2 aromatic heterocycles. The van der Waals surface area contributed by atoms with Crippen LogP contribution in [0.15, 0.2) is 17.0 Å². The van der Waals surface area contributed by atoms with E-state index < -0.39 is 0 Å². The van der Waals surface area contributed by atoms with Crippen molar-refractivity contribution < 1.29 is 0 Å². The molecule has 0 saturated carbocycles. The predicted molar refractivity (Wildman–Crippen MR) is 74.6 cm³/mol. The molecular formula is C13H20N4S. The highest BCUT2D eigenvalue weighted by molar-refractivity contribution is 7.07. The van der Waals surface area contributed by atoms with Crippen molar-refractivity contribution in [3.63, 3.8) is 0 Å². The fourth-order valence-electron chi connectivity index (χ4n) is 1.77. The Bertz CT molecular complexity index is 481. The third-order valence-corrected chi connectivity index (χ3v) is 3.39. The zero-order valence-electron chi connectivity index (χ0n) is 11.4. The summed E-state index contributed by atoms with van der Waals surface area (Å²) in [6.07, 6.45) is 0. The quantitative estimate of drug-likeness (QED) is 0.923. The van der Waals surface area contributed by atoms with Gasteiger partial charge in [0, 0.05) is 29.6 Å². The van der Waals surface area contributed by atoms with Gasteiger partial charge in [-0.3, -0.25) is 10.00 Å². The zero-order valence-corrected chi connectivity index (χ0v) is 12.2. The highest BCUT2D eigenvalue weighted by atomic mass is 32.1. The van der Waals surface area contributed by atoms with Crippen molar-refractivity contribution in [3.8, 4) is 0 Å². The van der Waals surface area contributed by atoms with Gasteiger partial charge in [0.25, 0.3) is 0 Å². The van der Waals surface area contributed by atoms with Crippen LogP contribution in [0.3, 0.4) is 0 Å². The monoisotopic (exact) mass is 264 g/mol. The normalized spacial score (nSPS) is 12.3. The van der Waals surface area contributed by atoms with Crippen LogP contribution in [0.1, 0.15) is 37.9 Å². The van der Waals surface area contributed by atoms with Crippen LogP contribution in [0.25, 0.3) is 0 Å². The SMILES string of the molecule is CN(Cc1cscn1)Cc1cc(C(C)(C)C)n[nH]1. The predicted octanol–water partition coefficient (Wildman–Crippen LogP) is 2.80. The number of aromatic amines is 1. The van der Waals surface area contributed by atoms with Crippen LogP contribution in [0.2, 0.25) is 0 Å². The summed E-state index contributed by atoms with van der Waals surface area (Å²) in [5, 5.41) is 9.57. The number of H-pyrrole nitrogens is 1. The Morgan fingerprint density at radius 2 is 2.11 bits per heavy atom. The van der Waals surface area contributed by atoms with Crippen molar-refractivity contribution in [3.05, 3.63) is 34.0 Å². The Morgan fingerprint density at radius 1 is 1.33 bits per heavy atom. The van der Waals surface area contributed by atoms with E-state index in [1.54, 1.807) is 11.3 Å². The summed E-state index contributed by atoms with van der Waals surface area (Å²) < 4.78 is 0. The van der Waals surface area contributed by atoms with Gasteiger partial charge in [-0.2, -0.15) is 5.10 Å². The van der Waals surface area contributed by atoms with Gasteiger partial charge < -0.3 is 0 Å². The van der Waals surface area contributed by atoms with Gasteiger partial charge >= 0.3 is 0 Å². The molecule has 0 atom stereocenters. The lowest BCUT2D eigenvalue weighted by Gasteiger charge is -2.14. The second-order valence-electron chi connectivity index (χ2n) is 5.68. The first-order valence-electron chi connectivity index (χ1n) is 6.05. The zero-order chi connectivity index (χ0) is 13.2. The van der Waals surface area contributed by atoms with E-state index in [0.29, 0.717) is 0 Å². The minimum atomic E-state index is 0.0994. The number of aromatic nitrogens is 3. The molecular weight excluding hydrogens is 244 g/mol. The van der Waals surface area contributed by atoms with Gasteiger partial charge in [0.1, 0.15) is 0 Å². The van der Waals surface area contributed by atoms with E-state index in [4.69, 9.17) is 0 Å². The molecule has 4 nitrogen and oxygen atoms in total. The number of thiazole rings is 1. The molecule has 0 aromatic carbocycles. The van der Waals surface area contributed by atoms with Gasteiger partial charge in [-0.05, 0) is 13.1 Å². The molecule has 2 rings (SSSR count). The summed E-state index contributed by atoms with van der Waals surface area (Å²) in [7, 11) is 2.09. The maximum atomic E-state index is 4.37. The van der Waals surface area contributed by atoms with Crippen molar-refractivity contribution in [2.75, 3.05) is 7.05 Å². The lowest BCUT2D eigenvalue weighted by atomic mass is 9.92. The standard InChI is InChI=1S/C13H20N4S/c1-13(2,3)12-5-10(15-16-12)6-17(4)7-11-8-18-9-14-11/h5,8-9H,6-7H2,1-4H3,(H,15,16). The first-order valence-corrected chi connectivity index (χ1v) is 7.00. The van der Waals surface area contributed by atoms with E-state index in [-0.39, 0.29) is 5.41 Å². The highest BCUT2D eigenvalue weighted by Crippen LogP contribution is 2.20. The highest BCUT2D eigenvalue weighted by Gasteiger charge is 2.17. The molecule has 0 bridgehead atoms. The van der Waals surface area contributed by atoms with Crippen molar-refractivity contribution in [1.82, 2.24) is 20.1 Å². The Balaban J connectivity index is 1.95. The lowest BCUT2D eigenvalue weighted by molar-refractivity contribution is 0.311. The summed E-state index contributed by atoms with van der Waals surface area (Å²) in [4.78, 5) is 6.52. The van der Waals surface area contributed by atoms with E-state index in [0.717, 1.165) is 30.2 Å². The Kier molecular flexibility index (Phi) is 3.82. The molecule has 2 heterocycles. The van der Waals surface area contributed by atoms with Crippen molar-refractivity contribution in [2.45, 2.75) is 39.3 Å². The minimum Gasteiger partial charge on any atom is -0.295 e. The van der Waals surface area contributed by atoms with Gasteiger partial charge in [0.2, 0.25) is 0 Å². The smallest absolute Gasteiger partial charge is 0.0795 e. The van der Waals surface area contributed by atoms with Gasteiger partial charge in [-0.1, -0.05) is 20.8 Å². The molecule has 0 amide bonds. The number of rotatable bonds is 4. The first-order chi connectivity index (χ1) is 8.45. The number of nitrogens with zero attached hydrogens (tertiary/aromatic N) is 3. The third kappa shape index (κ3) is 3.40. The molecule has 0 saturated heterocycles. The largest absolute Gasteiger partial charge is 0.295 e. The summed E-state index contributed by atoms with van der Waals surface area (Å²) in [6, 6.07) is 2.15. The van der Waals surface area contributed by atoms with E-state index in [1.165, 1.54) is 0 Å². The van der Waals surface area contributed by atoms with Gasteiger partial charge in [0.15, 0.2) is 0 Å². The molecule has 98 valence electrons. The Morgan fingerprint density at radius 3 is 2.67 bits per heavy atom. The topological polar surface area (TPSA) is 44.8 Å². The average molecular weight is 264 g/mol. The second kappa shape index (κ2) is 5.20. The van der Waals surface area contributed by atoms with Crippen LogP contribution in [0.5, 0.6) is 0 Å². The van der Waals surface area contributed by atoms with Crippen LogP contribution >= 0.6 is 11.3 Å². The van der Waals surface area contributed by atoms with E-state index in [2.05, 4.69) is 59.3 Å². The van der Waals surface area contributed by atoms with Crippen LogP contribution in [0, 0.1) is 0 Å². The van der Waals surface area contributed by atoms with Crippen molar-refractivity contribution in [2.24, 2.45) is 0 Å². The molecule has 0 radical (unpaired) electrons. The summed E-state index contributed by atoms with van der Waals surface area (Å²) in [5.74, 6) is 0. The average Bonchev–Trinajstić information content (AvgIpc) is 2.87. The Hall–Kier alpha value is -1.20. The first kappa shape index (κ1) is 13.2. The van der Waals surface area contributed by atoms with Crippen LogP contribution in [-0.4, -0.2) is 27.1 Å². The summed E-state index contributed by atoms with van der Waals surface area (Å²) in [6.45, 7) is 8.25. The number of hydrogen-bond acceptors (Lipinski definition) is 4. The van der Waals surface area contributed by atoms with Crippen LogP contribution < -0.4 is 0 Å². The summed E-state index contributed by atoms with van der Waals surface area (Å²) in [5.41, 5.74) is 5.36. The lowest BCUT2D eigenvalue weighted by Crippen LogP contribution is -2.17. The summed E-state index contributed by atoms with van der Waals surface area (Å²) >= 11 is 1.64. The molecule has 5 heteroatoms. The van der Waals surface area contributed by atoms with E-state index in [1.807, 2.05) is 5.51 Å². The van der Waals surface area contributed by atoms with Gasteiger partial charge in [0.05, 0.1) is 16.9 Å². The number of hydrogen-bond donors (Lipinski definition) is 1. The molecule has 0 spiro atoms. The third-order valence-electron chi connectivity index (χ3n) is 2.75.